The molecule has 1 saturated heterocycles. The summed E-state index contributed by atoms with van der Waals surface area (Å²) in [7, 11) is 0. The Bertz CT molecular complexity index is 1220. The van der Waals surface area contributed by atoms with Crippen molar-refractivity contribution in [3.63, 3.8) is 0 Å². The lowest BCUT2D eigenvalue weighted by molar-refractivity contribution is -0.137. The fourth-order valence-corrected chi connectivity index (χ4v) is 4.81. The minimum absolute atomic E-state index is 0.0119. The number of hydrogen-bond acceptors (Lipinski definition) is 6. The number of carbonyl (C=O) groups excluding carboxylic acids is 1. The molecule has 0 saturated carbocycles. The first kappa shape index (κ1) is 23.0. The van der Waals surface area contributed by atoms with Crippen LogP contribution in [-0.4, -0.2) is 54.0 Å². The van der Waals surface area contributed by atoms with Gasteiger partial charge in [0.1, 0.15) is 29.2 Å². The standard InChI is InChI=1S/C21H17F3N4O4S/c22-21(23,24)13-5-3-12(4-6-13)16-8-15(19(30)26-17-10-33(32)11-18(17)29)20(31)28(27-16)14-2-1-7-25-9-14/h1-9,17-18,29H,10-11H2,(H,26,30)/t17-,18+,33?/m1/s1. The van der Waals surface area contributed by atoms with Crippen molar-refractivity contribution in [2.45, 2.75) is 18.3 Å². The molecule has 1 aliphatic heterocycles. The molecule has 3 aromatic rings. The molecule has 1 aromatic carbocycles. The highest BCUT2D eigenvalue weighted by Gasteiger charge is 2.37. The van der Waals surface area contributed by atoms with Gasteiger partial charge in [0.2, 0.25) is 0 Å². The Hall–Kier alpha value is -3.22. The quantitative estimate of drug-likeness (QED) is 0.549. The first-order valence-electron chi connectivity index (χ1n) is 9.70. The number of nitrogens with one attached hydrogen (secondary N) is 1. The maximum atomic E-state index is 13.0. The maximum absolute atomic E-state index is 13.0. The smallest absolute Gasteiger partial charge is 0.416 e. The summed E-state index contributed by atoms with van der Waals surface area (Å²) in [5.74, 6) is -0.769. The van der Waals surface area contributed by atoms with Crippen LogP contribution in [0.1, 0.15) is 15.9 Å². The van der Waals surface area contributed by atoms with Gasteiger partial charge >= 0.3 is 6.18 Å². The normalized spacial score (nSPS) is 20.6. The zero-order chi connectivity index (χ0) is 23.8. The third-order valence-corrected chi connectivity index (χ3v) is 6.50. The Labute approximate surface area is 188 Å². The highest BCUT2D eigenvalue weighted by Crippen LogP contribution is 2.30. The molecule has 1 amide bonds. The van der Waals surface area contributed by atoms with E-state index in [0.29, 0.717) is 0 Å². The average Bonchev–Trinajstić information content (AvgIpc) is 3.10. The Morgan fingerprint density at radius 3 is 2.52 bits per heavy atom. The molecule has 2 aromatic heterocycles. The molecule has 1 fully saturated rings. The first-order chi connectivity index (χ1) is 15.6. The van der Waals surface area contributed by atoms with E-state index in [-0.39, 0.29) is 34.0 Å². The van der Waals surface area contributed by atoms with Gasteiger partial charge in [-0.05, 0) is 41.5 Å². The number of nitrogens with zero attached hydrogens (tertiary/aromatic N) is 3. The number of aliphatic hydroxyl groups excluding tert-OH is 1. The minimum atomic E-state index is -4.52. The Balaban J connectivity index is 1.77. The van der Waals surface area contributed by atoms with Gasteiger partial charge in [0.25, 0.3) is 11.5 Å². The lowest BCUT2D eigenvalue weighted by atomic mass is 10.1. The molecule has 1 unspecified atom stereocenters. The summed E-state index contributed by atoms with van der Waals surface area (Å²) < 4.78 is 51.4. The molecule has 3 heterocycles. The number of aliphatic hydroxyl groups is 1. The van der Waals surface area contributed by atoms with Crippen molar-refractivity contribution in [3.05, 3.63) is 76.3 Å². The molecule has 8 nitrogen and oxygen atoms in total. The van der Waals surface area contributed by atoms with E-state index in [1.807, 2.05) is 0 Å². The fourth-order valence-electron chi connectivity index (χ4n) is 3.35. The highest BCUT2D eigenvalue weighted by atomic mass is 32.2. The molecule has 12 heteroatoms. The average molecular weight is 478 g/mol. The molecule has 2 N–H and O–H groups in total. The van der Waals surface area contributed by atoms with Gasteiger partial charge < -0.3 is 15.0 Å². The third-order valence-electron chi connectivity index (χ3n) is 5.06. The SMILES string of the molecule is O=C(N[C@@H]1C[S+]([O-])C[C@@H]1O)c1cc(-c2ccc(C(F)(F)F)cc2)nn(-c2cccnc2)c1=O. The summed E-state index contributed by atoms with van der Waals surface area (Å²) in [6.07, 6.45) is -2.72. The van der Waals surface area contributed by atoms with Crippen molar-refractivity contribution in [3.8, 4) is 16.9 Å². The maximum Gasteiger partial charge on any atom is 0.416 e. The van der Waals surface area contributed by atoms with Gasteiger partial charge in [0, 0.05) is 11.8 Å². The van der Waals surface area contributed by atoms with Crippen LogP contribution in [0.25, 0.3) is 16.9 Å². The van der Waals surface area contributed by atoms with Crippen LogP contribution in [0, 0.1) is 0 Å². The van der Waals surface area contributed by atoms with E-state index in [1.54, 1.807) is 6.07 Å². The monoisotopic (exact) mass is 478 g/mol. The van der Waals surface area contributed by atoms with Crippen molar-refractivity contribution in [2.24, 2.45) is 0 Å². The van der Waals surface area contributed by atoms with Gasteiger partial charge in [-0.15, -0.1) is 0 Å². The van der Waals surface area contributed by atoms with Crippen molar-refractivity contribution in [1.82, 2.24) is 20.1 Å². The summed E-state index contributed by atoms with van der Waals surface area (Å²) in [5.41, 5.74) is -1.41. The fraction of sp³-hybridized carbons (Fsp3) is 0.238. The first-order valence-corrected chi connectivity index (χ1v) is 11.2. The molecule has 4 rings (SSSR count). The number of amides is 1. The van der Waals surface area contributed by atoms with Crippen LogP contribution in [0.15, 0.2) is 59.7 Å². The topological polar surface area (TPSA) is 120 Å². The number of pyridine rings is 1. The van der Waals surface area contributed by atoms with Crippen LogP contribution >= 0.6 is 0 Å². The van der Waals surface area contributed by atoms with Gasteiger partial charge in [-0.3, -0.25) is 14.6 Å². The van der Waals surface area contributed by atoms with Crippen molar-refractivity contribution < 1.29 is 27.6 Å². The molecule has 0 radical (unpaired) electrons. The number of halogens is 3. The molecule has 0 bridgehead atoms. The summed E-state index contributed by atoms with van der Waals surface area (Å²) in [5, 5.41) is 16.7. The molecule has 0 spiro atoms. The van der Waals surface area contributed by atoms with Gasteiger partial charge in [-0.1, -0.05) is 12.1 Å². The molecular weight excluding hydrogens is 461 g/mol. The van der Waals surface area contributed by atoms with E-state index in [9.17, 15) is 32.4 Å². The van der Waals surface area contributed by atoms with Crippen LogP contribution in [0.3, 0.4) is 0 Å². The molecule has 0 aliphatic carbocycles. The second-order valence-electron chi connectivity index (χ2n) is 7.37. The summed E-state index contributed by atoms with van der Waals surface area (Å²) in [6.45, 7) is 0. The molecule has 1 aliphatic rings. The third kappa shape index (κ3) is 4.92. The van der Waals surface area contributed by atoms with E-state index < -0.39 is 46.5 Å². The van der Waals surface area contributed by atoms with Crippen LogP contribution in [0.5, 0.6) is 0 Å². The zero-order valence-corrected chi connectivity index (χ0v) is 17.6. The highest BCUT2D eigenvalue weighted by molar-refractivity contribution is 7.91. The van der Waals surface area contributed by atoms with E-state index >= 15 is 0 Å². The van der Waals surface area contributed by atoms with Crippen LogP contribution in [0.4, 0.5) is 13.2 Å². The number of benzene rings is 1. The number of carbonyl (C=O) groups is 1. The second-order valence-corrected chi connectivity index (χ2v) is 8.91. The number of rotatable bonds is 4. The van der Waals surface area contributed by atoms with Gasteiger partial charge in [0.15, 0.2) is 0 Å². The zero-order valence-electron chi connectivity index (χ0n) is 16.8. The van der Waals surface area contributed by atoms with E-state index in [4.69, 9.17) is 0 Å². The molecule has 3 atom stereocenters. The van der Waals surface area contributed by atoms with E-state index in [0.717, 1.165) is 16.8 Å². The molecule has 172 valence electrons. The largest absolute Gasteiger partial charge is 0.616 e. The van der Waals surface area contributed by atoms with Crippen LogP contribution in [-0.2, 0) is 17.4 Å². The van der Waals surface area contributed by atoms with Crippen LogP contribution < -0.4 is 10.9 Å². The summed E-state index contributed by atoms with van der Waals surface area (Å²) in [4.78, 5) is 29.9. The van der Waals surface area contributed by atoms with Crippen molar-refractivity contribution in [1.29, 1.82) is 0 Å². The van der Waals surface area contributed by atoms with Gasteiger partial charge in [0.05, 0.1) is 23.1 Å². The van der Waals surface area contributed by atoms with Crippen LogP contribution in [0.2, 0.25) is 0 Å². The lowest BCUT2D eigenvalue weighted by Crippen LogP contribution is -2.44. The number of aromatic nitrogens is 3. The summed E-state index contributed by atoms with van der Waals surface area (Å²) >= 11 is -1.30. The van der Waals surface area contributed by atoms with E-state index in [2.05, 4.69) is 15.4 Å². The van der Waals surface area contributed by atoms with E-state index in [1.165, 1.54) is 36.7 Å². The Morgan fingerprint density at radius 1 is 1.21 bits per heavy atom. The Morgan fingerprint density at radius 2 is 1.94 bits per heavy atom. The second kappa shape index (κ2) is 8.96. The lowest BCUT2D eigenvalue weighted by Gasteiger charge is -2.15. The Kier molecular flexibility index (Phi) is 6.23. The number of hydrogen-bond donors (Lipinski definition) is 2. The number of alkyl halides is 3. The van der Waals surface area contributed by atoms with Gasteiger partial charge in [-0.2, -0.15) is 23.0 Å². The minimum Gasteiger partial charge on any atom is -0.616 e. The van der Waals surface area contributed by atoms with Gasteiger partial charge in [-0.25, -0.2) is 0 Å². The predicted molar refractivity (Wildman–Crippen MR) is 113 cm³/mol. The molecular formula is C21H17F3N4O4S. The summed E-state index contributed by atoms with van der Waals surface area (Å²) in [6, 6.07) is 7.59. The predicted octanol–water partition coefficient (Wildman–Crippen LogP) is 1.53. The van der Waals surface area contributed by atoms with Crippen molar-refractivity contribution >= 4 is 17.1 Å². The molecule has 33 heavy (non-hydrogen) atoms. The van der Waals surface area contributed by atoms with Crippen molar-refractivity contribution in [2.75, 3.05) is 11.5 Å².